The first-order chi connectivity index (χ1) is 71.3. The van der Waals surface area contributed by atoms with Gasteiger partial charge in [0.1, 0.15) is 0 Å². The van der Waals surface area contributed by atoms with Crippen LogP contribution < -0.4 is 0 Å². The van der Waals surface area contributed by atoms with E-state index in [2.05, 4.69) is 522 Å². The fourth-order valence-electron chi connectivity index (χ4n) is 20.5. The van der Waals surface area contributed by atoms with Crippen molar-refractivity contribution in [2.45, 2.75) is 0 Å². The zero-order valence-electron chi connectivity index (χ0n) is 78.5. The van der Waals surface area contributed by atoms with E-state index >= 15 is 0 Å². The lowest BCUT2D eigenvalue weighted by Gasteiger charge is -2.14. The van der Waals surface area contributed by atoms with Gasteiger partial charge in [-0.2, -0.15) is 0 Å². The molecule has 7 heteroatoms. The standard InChI is InChI=1S/2C46H30N2.C45H29N3/c1-3-13-31(14-4-1)33-17-11-19-35(27-33)44-30-45(48-46(47-44)37-20-12-18-34(28-37)32-15-5-2-6-16-32)36-25-26-42-40-23-8-7-21-38(40)39-22-9-10-24-41(39)43(42)29-36;1-3-13-31(14-4-1)33-17-11-19-35(27-33)44-30-45(36-20-12-18-34(28-36)32-15-5-2-6-16-32)48-46(47-44)37-25-26-42-40-23-8-7-21-38(40)39-22-9-10-24-41(39)43(42)29-37;1-3-13-30(14-4-1)32-17-11-19-34(27-32)43-46-44(35-20-12-18-33(28-35)31-15-5-2-6-16-31)48-45(47-43)36-25-26-41-39-23-8-7-21-37(39)38-22-9-10-24-40(38)42(41)29-36/h2*1-30H;1-29H. The van der Waals surface area contributed by atoms with Gasteiger partial charge < -0.3 is 0 Å². The van der Waals surface area contributed by atoms with Gasteiger partial charge in [-0.05, 0) is 230 Å². The van der Waals surface area contributed by atoms with Crippen molar-refractivity contribution in [1.29, 1.82) is 0 Å². The van der Waals surface area contributed by atoms with Crippen molar-refractivity contribution in [3.8, 4) is 169 Å². The monoisotopic (exact) mass is 1830 g/mol. The van der Waals surface area contributed by atoms with Gasteiger partial charge >= 0.3 is 0 Å². The molecule has 0 saturated carbocycles. The molecule has 27 aromatic rings. The van der Waals surface area contributed by atoms with Crippen LogP contribution in [0.15, 0.2) is 540 Å². The third kappa shape index (κ3) is 17.2. The molecule has 0 atom stereocenters. The molecule has 24 aromatic carbocycles. The van der Waals surface area contributed by atoms with E-state index in [4.69, 9.17) is 34.9 Å². The highest BCUT2D eigenvalue weighted by atomic mass is 15.0. The van der Waals surface area contributed by atoms with Gasteiger partial charge in [0.2, 0.25) is 0 Å². The number of nitrogens with zero attached hydrogens (tertiary/aromatic N) is 7. The van der Waals surface area contributed by atoms with Gasteiger partial charge in [-0.3, -0.25) is 0 Å². The second-order valence-corrected chi connectivity index (χ2v) is 36.5. The average Bonchev–Trinajstić information content (AvgIpc) is 0.745. The molecule has 0 amide bonds. The lowest BCUT2D eigenvalue weighted by molar-refractivity contribution is 1.07. The maximum absolute atomic E-state index is 5.25. The van der Waals surface area contributed by atoms with Crippen LogP contribution in [-0.2, 0) is 0 Å². The Labute approximate surface area is 834 Å². The summed E-state index contributed by atoms with van der Waals surface area (Å²) in [6.07, 6.45) is 0. The van der Waals surface area contributed by atoms with Crippen LogP contribution in [0, 0.1) is 0 Å². The summed E-state index contributed by atoms with van der Waals surface area (Å²) in [5.41, 5.74) is 26.4. The molecule has 0 N–H and O–H groups in total. The van der Waals surface area contributed by atoms with Crippen molar-refractivity contribution in [2.75, 3.05) is 0 Å². The number of hydrogen-bond acceptors (Lipinski definition) is 7. The second-order valence-electron chi connectivity index (χ2n) is 36.5. The lowest BCUT2D eigenvalue weighted by Crippen LogP contribution is -2.00. The third-order valence-electron chi connectivity index (χ3n) is 27.6. The molecule has 0 bridgehead atoms. The number of aromatic nitrogens is 7. The van der Waals surface area contributed by atoms with Crippen LogP contribution in [-0.4, -0.2) is 34.9 Å². The summed E-state index contributed by atoms with van der Waals surface area (Å²) >= 11 is 0. The van der Waals surface area contributed by atoms with E-state index in [0.717, 1.165) is 117 Å². The van der Waals surface area contributed by atoms with E-state index in [9.17, 15) is 0 Å². The molecular weight excluding hydrogens is 1740 g/mol. The average molecular weight is 1830 g/mol. The largest absolute Gasteiger partial charge is 0.228 e. The Balaban J connectivity index is 0.000000113. The van der Waals surface area contributed by atoms with Gasteiger partial charge in [0.05, 0.1) is 22.8 Å². The Kier molecular flexibility index (Phi) is 23.0. The molecule has 7 nitrogen and oxygen atoms in total. The first-order valence-corrected chi connectivity index (χ1v) is 48.9. The molecule has 0 aliphatic carbocycles. The molecule has 3 aromatic heterocycles. The van der Waals surface area contributed by atoms with Crippen LogP contribution in [0.1, 0.15) is 0 Å². The van der Waals surface area contributed by atoms with E-state index in [0.29, 0.717) is 29.1 Å². The maximum Gasteiger partial charge on any atom is 0.164 e. The lowest BCUT2D eigenvalue weighted by atomic mass is 9.92. The van der Waals surface area contributed by atoms with Crippen LogP contribution in [0.3, 0.4) is 0 Å². The summed E-state index contributed by atoms with van der Waals surface area (Å²) in [6, 6.07) is 191. The van der Waals surface area contributed by atoms with E-state index in [1.54, 1.807) is 0 Å². The molecule has 0 aliphatic heterocycles. The Hall–Kier alpha value is -19.2. The highest BCUT2D eigenvalue weighted by Gasteiger charge is 2.22. The molecule has 0 radical (unpaired) electrons. The number of fused-ring (bicyclic) bond motifs is 18. The number of rotatable bonds is 15. The molecule has 144 heavy (non-hydrogen) atoms. The quantitative estimate of drug-likeness (QED) is 0.0945. The predicted octanol–water partition coefficient (Wildman–Crippen LogP) is 36.2. The third-order valence-corrected chi connectivity index (χ3v) is 27.6. The SMILES string of the molecule is c1ccc(-c2cccc(-c3cc(-c4ccc5c6ccccc6c6ccccc6c5c4)nc(-c4cccc(-c5ccccc5)c4)n3)c2)cc1.c1ccc(-c2cccc(-c3cc(-c4cccc(-c5ccccc5)c4)nc(-c4ccc5c6ccccc6c6ccccc6c5c4)n3)c2)cc1.c1ccc(-c2cccc(-c3nc(-c4cccc(-c5ccccc5)c4)nc(-c4ccc5c6ccccc6c6ccccc6c5c4)n3)c2)cc1. The molecule has 0 saturated heterocycles. The summed E-state index contributed by atoms with van der Waals surface area (Å²) in [5.74, 6) is 3.33. The van der Waals surface area contributed by atoms with Crippen LogP contribution in [0.25, 0.3) is 266 Å². The molecule has 672 valence electrons. The Bertz CT molecular complexity index is 8290. The molecule has 0 unspecified atom stereocenters. The van der Waals surface area contributed by atoms with Gasteiger partial charge in [0.15, 0.2) is 29.1 Å². The topological polar surface area (TPSA) is 90.2 Å². The molecule has 0 spiro atoms. The minimum absolute atomic E-state index is 0.640. The fraction of sp³-hybridized carbons (Fsp3) is 0. The van der Waals surface area contributed by atoms with Crippen LogP contribution in [0.5, 0.6) is 0 Å². The van der Waals surface area contributed by atoms with E-state index in [1.165, 1.54) is 119 Å². The summed E-state index contributed by atoms with van der Waals surface area (Å²) in [6.45, 7) is 0. The van der Waals surface area contributed by atoms with Gasteiger partial charge in [-0.25, -0.2) is 34.9 Å². The minimum Gasteiger partial charge on any atom is -0.228 e. The first kappa shape index (κ1) is 86.4. The maximum atomic E-state index is 5.25. The van der Waals surface area contributed by atoms with Gasteiger partial charge in [0.25, 0.3) is 0 Å². The van der Waals surface area contributed by atoms with Crippen LogP contribution in [0.2, 0.25) is 0 Å². The van der Waals surface area contributed by atoms with Crippen molar-refractivity contribution in [1.82, 2.24) is 34.9 Å². The predicted molar refractivity (Wildman–Crippen MR) is 603 cm³/mol. The normalized spacial score (nSPS) is 11.3. The second kappa shape index (κ2) is 38.3. The Morgan fingerprint density at radius 1 is 0.0764 bits per heavy atom. The van der Waals surface area contributed by atoms with Gasteiger partial charge in [-0.15, -0.1) is 0 Å². The summed E-state index contributed by atoms with van der Waals surface area (Å²) in [4.78, 5) is 36.4. The van der Waals surface area contributed by atoms with E-state index in [1.807, 2.05) is 18.2 Å². The van der Waals surface area contributed by atoms with Crippen molar-refractivity contribution < 1.29 is 0 Å². The van der Waals surface area contributed by atoms with Crippen LogP contribution in [0.4, 0.5) is 0 Å². The van der Waals surface area contributed by atoms with E-state index < -0.39 is 0 Å². The smallest absolute Gasteiger partial charge is 0.164 e. The van der Waals surface area contributed by atoms with Crippen molar-refractivity contribution in [3.05, 3.63) is 540 Å². The van der Waals surface area contributed by atoms with Crippen molar-refractivity contribution in [2.24, 2.45) is 0 Å². The Morgan fingerprint density at radius 3 is 0.438 bits per heavy atom. The molecule has 0 aliphatic rings. The summed E-state index contributed by atoms with van der Waals surface area (Å²) < 4.78 is 0. The summed E-state index contributed by atoms with van der Waals surface area (Å²) in [7, 11) is 0. The minimum atomic E-state index is 0.640. The van der Waals surface area contributed by atoms with Crippen molar-refractivity contribution >= 4 is 97.0 Å². The zero-order valence-corrected chi connectivity index (χ0v) is 78.5. The highest BCUT2D eigenvalue weighted by molar-refractivity contribution is 6.28. The van der Waals surface area contributed by atoms with Crippen molar-refractivity contribution in [3.63, 3.8) is 0 Å². The summed E-state index contributed by atoms with van der Waals surface area (Å²) in [5, 5.41) is 22.3. The number of benzene rings is 24. The first-order valence-electron chi connectivity index (χ1n) is 48.9. The van der Waals surface area contributed by atoms with Gasteiger partial charge in [-0.1, -0.05) is 473 Å². The number of hydrogen-bond donors (Lipinski definition) is 0. The highest BCUT2D eigenvalue weighted by Crippen LogP contribution is 2.45. The Morgan fingerprint density at radius 2 is 0.215 bits per heavy atom. The fourth-order valence-corrected chi connectivity index (χ4v) is 20.5. The molecule has 3 heterocycles. The van der Waals surface area contributed by atoms with Gasteiger partial charge in [0, 0.05) is 50.1 Å². The van der Waals surface area contributed by atoms with E-state index in [-0.39, 0.29) is 0 Å². The molecule has 0 fully saturated rings. The van der Waals surface area contributed by atoms with Crippen LogP contribution >= 0.6 is 0 Å². The molecular formula is C137H89N7. The zero-order chi connectivity index (χ0) is 95.6. The molecule has 27 rings (SSSR count).